The van der Waals surface area contributed by atoms with Gasteiger partial charge >= 0.3 is 17.9 Å². The van der Waals surface area contributed by atoms with E-state index >= 15 is 0 Å². The SMILES string of the molecule is CC(C)CCCCNC(=O)CONC(O)CCNC(=O)CN1CCN(CC(=O)O)CCN(CC(=O)O)CCN(CC(=O)O)CC1. The van der Waals surface area contributed by atoms with E-state index in [9.17, 15) is 44.4 Å². The lowest BCUT2D eigenvalue weighted by atomic mass is 10.1. The summed E-state index contributed by atoms with van der Waals surface area (Å²) >= 11 is 0. The molecule has 1 saturated heterocycles. The number of carboxylic acids is 3. The highest BCUT2D eigenvalue weighted by atomic mass is 16.7. The van der Waals surface area contributed by atoms with Crippen molar-refractivity contribution in [3.8, 4) is 0 Å². The third-order valence-corrected chi connectivity index (χ3v) is 7.07. The van der Waals surface area contributed by atoms with Crippen LogP contribution in [0.2, 0.25) is 0 Å². The number of rotatable bonds is 20. The van der Waals surface area contributed by atoms with E-state index < -0.39 is 24.1 Å². The molecule has 1 rings (SSSR count). The fourth-order valence-corrected chi connectivity index (χ4v) is 4.61. The molecule has 1 unspecified atom stereocenters. The molecular formula is C28H53N7O10. The van der Waals surface area contributed by atoms with Crippen LogP contribution in [0, 0.1) is 5.92 Å². The zero-order chi connectivity index (χ0) is 33.6. The van der Waals surface area contributed by atoms with Crippen LogP contribution in [0.25, 0.3) is 0 Å². The molecule has 0 aliphatic carbocycles. The van der Waals surface area contributed by atoms with Gasteiger partial charge in [0.25, 0.3) is 0 Å². The normalized spacial score (nSPS) is 17.2. The molecule has 0 radical (unpaired) electrons. The third-order valence-electron chi connectivity index (χ3n) is 7.07. The number of aliphatic hydroxyl groups is 1. The first kappa shape index (κ1) is 40.1. The van der Waals surface area contributed by atoms with Gasteiger partial charge in [-0.1, -0.05) is 26.7 Å². The number of unbranched alkanes of at least 4 members (excludes halogenated alkanes) is 1. The summed E-state index contributed by atoms with van der Waals surface area (Å²) in [5.41, 5.74) is 2.37. The Morgan fingerprint density at radius 2 is 1.04 bits per heavy atom. The Balaban J connectivity index is 2.56. The van der Waals surface area contributed by atoms with Gasteiger partial charge in [-0.15, -0.1) is 0 Å². The molecular weight excluding hydrogens is 594 g/mol. The highest BCUT2D eigenvalue weighted by molar-refractivity contribution is 5.78. The molecule has 2 amide bonds. The van der Waals surface area contributed by atoms with Crippen molar-refractivity contribution in [3.05, 3.63) is 0 Å². The van der Waals surface area contributed by atoms with Gasteiger partial charge in [0.15, 0.2) is 0 Å². The molecule has 7 N–H and O–H groups in total. The first-order valence-corrected chi connectivity index (χ1v) is 15.5. The van der Waals surface area contributed by atoms with E-state index in [4.69, 9.17) is 4.84 Å². The van der Waals surface area contributed by atoms with Gasteiger partial charge in [0.1, 0.15) is 12.8 Å². The van der Waals surface area contributed by atoms with E-state index in [1.54, 1.807) is 19.6 Å². The highest BCUT2D eigenvalue weighted by Gasteiger charge is 2.21. The molecule has 1 aliphatic rings. The Kier molecular flexibility index (Phi) is 20.9. The second kappa shape index (κ2) is 23.4. The Morgan fingerprint density at radius 1 is 0.622 bits per heavy atom. The molecule has 45 heavy (non-hydrogen) atoms. The molecule has 0 spiro atoms. The van der Waals surface area contributed by atoms with Crippen LogP contribution < -0.4 is 16.1 Å². The van der Waals surface area contributed by atoms with Crippen molar-refractivity contribution < 1.29 is 49.2 Å². The summed E-state index contributed by atoms with van der Waals surface area (Å²) < 4.78 is 0. The first-order valence-electron chi connectivity index (χ1n) is 15.5. The summed E-state index contributed by atoms with van der Waals surface area (Å²) in [6, 6.07) is 0. The van der Waals surface area contributed by atoms with Crippen molar-refractivity contribution in [1.82, 2.24) is 35.7 Å². The van der Waals surface area contributed by atoms with Crippen LogP contribution in [0.3, 0.4) is 0 Å². The Bertz CT molecular complexity index is 879. The molecule has 0 saturated carbocycles. The average Bonchev–Trinajstić information content (AvgIpc) is 2.93. The second-order valence-corrected chi connectivity index (χ2v) is 11.6. The van der Waals surface area contributed by atoms with Gasteiger partial charge < -0.3 is 31.1 Å². The first-order chi connectivity index (χ1) is 21.3. The fraction of sp³-hybridized carbons (Fsp3) is 0.821. The zero-order valence-corrected chi connectivity index (χ0v) is 26.6. The predicted octanol–water partition coefficient (Wildman–Crippen LogP) is -2.25. The summed E-state index contributed by atoms with van der Waals surface area (Å²) in [6.07, 6.45) is 1.99. The molecule has 1 heterocycles. The lowest BCUT2D eigenvalue weighted by molar-refractivity contribution is -0.140. The Morgan fingerprint density at radius 3 is 1.47 bits per heavy atom. The quantitative estimate of drug-likeness (QED) is 0.0421. The van der Waals surface area contributed by atoms with Crippen LogP contribution in [0.1, 0.15) is 39.5 Å². The lowest BCUT2D eigenvalue weighted by Gasteiger charge is -2.32. The van der Waals surface area contributed by atoms with E-state index in [-0.39, 0.29) is 83.7 Å². The molecule has 260 valence electrons. The summed E-state index contributed by atoms with van der Waals surface area (Å²) in [7, 11) is 0. The number of nitrogens with zero attached hydrogens (tertiary/aromatic N) is 4. The van der Waals surface area contributed by atoms with Crippen molar-refractivity contribution >= 4 is 29.7 Å². The minimum Gasteiger partial charge on any atom is -0.480 e. The van der Waals surface area contributed by atoms with Crippen LogP contribution in [-0.4, -0.2) is 174 Å². The van der Waals surface area contributed by atoms with E-state index in [1.165, 1.54) is 0 Å². The topological polar surface area (TPSA) is 225 Å². The van der Waals surface area contributed by atoms with Gasteiger partial charge in [0, 0.05) is 71.9 Å². The van der Waals surface area contributed by atoms with Crippen molar-refractivity contribution in [1.29, 1.82) is 0 Å². The van der Waals surface area contributed by atoms with Gasteiger partial charge in [-0.25, -0.2) is 0 Å². The molecule has 1 atom stereocenters. The smallest absolute Gasteiger partial charge is 0.317 e. The van der Waals surface area contributed by atoms with Crippen LogP contribution >= 0.6 is 0 Å². The van der Waals surface area contributed by atoms with Crippen LogP contribution in [0.15, 0.2) is 0 Å². The standard InChI is InChI=1S/C28H53N7O10/c1-22(2)5-3-4-7-29-25(38)21-45-31-23(36)6-8-30-24(37)17-32-9-11-33(18-26(39)40)13-15-35(20-28(43)44)16-14-34(12-10-32)19-27(41)42/h22-23,31,36H,3-21H2,1-2H3,(H,29,38)(H,30,37)(H,39,40)(H,41,42)(H,43,44). The van der Waals surface area contributed by atoms with Crippen molar-refractivity contribution in [2.24, 2.45) is 5.92 Å². The Hall–Kier alpha value is -2.93. The van der Waals surface area contributed by atoms with Gasteiger partial charge in [-0.2, -0.15) is 5.48 Å². The number of carbonyl (C=O) groups excluding carboxylic acids is 2. The maximum Gasteiger partial charge on any atom is 0.317 e. The maximum absolute atomic E-state index is 12.7. The molecule has 17 nitrogen and oxygen atoms in total. The molecule has 1 aliphatic heterocycles. The van der Waals surface area contributed by atoms with Crippen molar-refractivity contribution in [3.63, 3.8) is 0 Å². The van der Waals surface area contributed by atoms with Gasteiger partial charge in [0.05, 0.1) is 26.2 Å². The van der Waals surface area contributed by atoms with Gasteiger partial charge in [-0.3, -0.25) is 48.4 Å². The maximum atomic E-state index is 12.7. The van der Waals surface area contributed by atoms with Crippen molar-refractivity contribution in [2.45, 2.75) is 45.8 Å². The fourth-order valence-electron chi connectivity index (χ4n) is 4.61. The average molecular weight is 648 g/mol. The number of carbonyl (C=O) groups is 5. The van der Waals surface area contributed by atoms with Crippen LogP contribution in [-0.2, 0) is 28.8 Å². The summed E-state index contributed by atoms with van der Waals surface area (Å²) in [5.74, 6) is -3.11. The van der Waals surface area contributed by atoms with Crippen molar-refractivity contribution in [2.75, 3.05) is 98.2 Å². The van der Waals surface area contributed by atoms with Gasteiger partial charge in [0.2, 0.25) is 11.8 Å². The molecule has 0 aromatic rings. The largest absolute Gasteiger partial charge is 0.480 e. The molecule has 17 heteroatoms. The summed E-state index contributed by atoms with van der Waals surface area (Å²) in [4.78, 5) is 70.5. The van der Waals surface area contributed by atoms with Crippen LogP contribution in [0.5, 0.6) is 0 Å². The number of nitrogens with one attached hydrogen (secondary N) is 3. The summed E-state index contributed by atoms with van der Waals surface area (Å²) in [6.45, 7) is 6.27. The number of hydrogen-bond donors (Lipinski definition) is 7. The second-order valence-electron chi connectivity index (χ2n) is 11.6. The minimum absolute atomic E-state index is 0.0374. The number of hydroxylamine groups is 1. The lowest BCUT2D eigenvalue weighted by Crippen LogP contribution is -2.50. The third kappa shape index (κ3) is 22.3. The number of aliphatic hydroxyl groups excluding tert-OH is 1. The minimum atomic E-state index is -1.12. The molecule has 0 bridgehead atoms. The predicted molar refractivity (Wildman–Crippen MR) is 163 cm³/mol. The number of amides is 2. The van der Waals surface area contributed by atoms with E-state index in [2.05, 4.69) is 30.0 Å². The Labute approximate surface area is 264 Å². The highest BCUT2D eigenvalue weighted by Crippen LogP contribution is 2.05. The van der Waals surface area contributed by atoms with E-state index in [1.807, 2.05) is 0 Å². The zero-order valence-electron chi connectivity index (χ0n) is 26.6. The van der Waals surface area contributed by atoms with Gasteiger partial charge in [-0.05, 0) is 12.3 Å². The number of aliphatic carboxylic acids is 3. The number of carboxylic acid groups (broad SMARTS) is 3. The van der Waals surface area contributed by atoms with Crippen LogP contribution in [0.4, 0.5) is 0 Å². The molecule has 0 aromatic carbocycles. The molecule has 0 aromatic heterocycles. The number of hydrogen-bond acceptors (Lipinski definition) is 12. The van der Waals surface area contributed by atoms with E-state index in [0.29, 0.717) is 38.6 Å². The monoisotopic (exact) mass is 647 g/mol. The molecule has 1 fully saturated rings. The van der Waals surface area contributed by atoms with E-state index in [0.717, 1.165) is 19.3 Å². The summed E-state index contributed by atoms with van der Waals surface area (Å²) in [5, 5.41) is 43.5.